The van der Waals surface area contributed by atoms with Gasteiger partial charge in [0, 0.05) is 57.2 Å². The van der Waals surface area contributed by atoms with Crippen molar-refractivity contribution in [3.05, 3.63) is 47.2 Å². The summed E-state index contributed by atoms with van der Waals surface area (Å²) in [5.41, 5.74) is 4.04. The van der Waals surface area contributed by atoms with Crippen LogP contribution in [0.3, 0.4) is 0 Å². The van der Waals surface area contributed by atoms with Gasteiger partial charge in [0.05, 0.1) is 24.7 Å². The first-order valence-electron chi connectivity index (χ1n) is 12.4. The van der Waals surface area contributed by atoms with Crippen molar-refractivity contribution in [2.75, 3.05) is 73.9 Å². The van der Waals surface area contributed by atoms with Crippen molar-refractivity contribution < 1.29 is 4.74 Å². The Bertz CT molecular complexity index is 1210. The number of rotatable bonds is 7. The van der Waals surface area contributed by atoms with Gasteiger partial charge in [0.25, 0.3) is 0 Å². The fraction of sp³-hybridized carbons (Fsp3) is 0.423. The lowest BCUT2D eigenvalue weighted by molar-refractivity contribution is 0.312. The third kappa shape index (κ3) is 5.27. The molecule has 2 fully saturated rings. The first-order valence-corrected chi connectivity index (χ1v) is 12.8. The van der Waals surface area contributed by atoms with Gasteiger partial charge in [0.1, 0.15) is 10.8 Å². The van der Waals surface area contributed by atoms with Crippen LogP contribution in [-0.4, -0.2) is 73.3 Å². The summed E-state index contributed by atoms with van der Waals surface area (Å²) in [7, 11) is 3.84. The number of anilines is 6. The summed E-state index contributed by atoms with van der Waals surface area (Å²) < 4.78 is 5.74. The number of pyridine rings is 1. The summed E-state index contributed by atoms with van der Waals surface area (Å²) in [6.45, 7) is 8.21. The first-order chi connectivity index (χ1) is 17.5. The molecule has 2 saturated heterocycles. The van der Waals surface area contributed by atoms with Crippen LogP contribution in [0.15, 0.2) is 36.7 Å². The highest BCUT2D eigenvalue weighted by Gasteiger charge is 2.20. The molecule has 0 amide bonds. The van der Waals surface area contributed by atoms with Gasteiger partial charge < -0.3 is 30.1 Å². The fourth-order valence-electron chi connectivity index (χ4n) is 4.77. The second-order valence-electron chi connectivity index (χ2n) is 9.34. The van der Waals surface area contributed by atoms with Gasteiger partial charge in [0.2, 0.25) is 5.95 Å². The molecule has 0 bridgehead atoms. The molecule has 1 aromatic carbocycles. The van der Waals surface area contributed by atoms with Crippen LogP contribution in [0, 0.1) is 6.92 Å². The third-order valence-electron chi connectivity index (χ3n) is 6.80. The Labute approximate surface area is 217 Å². The summed E-state index contributed by atoms with van der Waals surface area (Å²) in [5, 5.41) is 7.13. The van der Waals surface area contributed by atoms with Crippen molar-refractivity contribution in [2.45, 2.75) is 19.8 Å². The Morgan fingerprint density at radius 1 is 0.944 bits per heavy atom. The summed E-state index contributed by atoms with van der Waals surface area (Å²) in [5.74, 6) is 2.60. The molecular formula is C26H33ClN8O. The van der Waals surface area contributed by atoms with Gasteiger partial charge in [-0.15, -0.1) is 0 Å². The second kappa shape index (κ2) is 10.8. The first kappa shape index (κ1) is 24.4. The Morgan fingerprint density at radius 2 is 1.72 bits per heavy atom. The van der Waals surface area contributed by atoms with Crippen molar-refractivity contribution in [1.29, 1.82) is 0 Å². The molecule has 190 valence electrons. The van der Waals surface area contributed by atoms with Crippen molar-refractivity contribution in [3.63, 3.8) is 0 Å². The van der Waals surface area contributed by atoms with Crippen molar-refractivity contribution in [1.82, 2.24) is 19.9 Å². The summed E-state index contributed by atoms with van der Waals surface area (Å²) in [6.07, 6.45) is 5.76. The number of nitrogens with zero attached hydrogens (tertiary/aromatic N) is 6. The van der Waals surface area contributed by atoms with Crippen LogP contribution < -0.4 is 25.2 Å². The summed E-state index contributed by atoms with van der Waals surface area (Å²) >= 11 is 6.48. The number of hydrogen-bond acceptors (Lipinski definition) is 9. The van der Waals surface area contributed by atoms with E-state index in [0.717, 1.165) is 62.2 Å². The van der Waals surface area contributed by atoms with Crippen molar-refractivity contribution in [2.24, 2.45) is 0 Å². The molecule has 2 aromatic heterocycles. The van der Waals surface area contributed by atoms with Crippen molar-refractivity contribution in [3.8, 4) is 5.75 Å². The maximum Gasteiger partial charge on any atom is 0.229 e. The summed E-state index contributed by atoms with van der Waals surface area (Å²) in [6, 6.07) is 8.08. The van der Waals surface area contributed by atoms with E-state index in [-0.39, 0.29) is 0 Å². The molecule has 2 aliphatic rings. The molecule has 0 unspecified atom stereocenters. The second-order valence-corrected chi connectivity index (χ2v) is 9.75. The molecule has 10 heteroatoms. The Morgan fingerprint density at radius 3 is 2.47 bits per heavy atom. The lowest BCUT2D eigenvalue weighted by Crippen LogP contribution is -2.44. The van der Waals surface area contributed by atoms with E-state index in [4.69, 9.17) is 16.3 Å². The van der Waals surface area contributed by atoms with Crippen LogP contribution in [0.5, 0.6) is 5.75 Å². The van der Waals surface area contributed by atoms with E-state index < -0.39 is 0 Å². The molecule has 9 nitrogen and oxygen atoms in total. The number of piperazine rings is 1. The van der Waals surface area contributed by atoms with Crippen LogP contribution in [0.2, 0.25) is 5.02 Å². The minimum Gasteiger partial charge on any atom is -0.494 e. The van der Waals surface area contributed by atoms with E-state index in [1.165, 1.54) is 24.1 Å². The maximum atomic E-state index is 6.48. The van der Waals surface area contributed by atoms with E-state index in [1.54, 1.807) is 13.3 Å². The number of benzene rings is 1. The molecule has 0 saturated carbocycles. The lowest BCUT2D eigenvalue weighted by Gasteiger charge is -2.35. The predicted molar refractivity (Wildman–Crippen MR) is 147 cm³/mol. The number of nitrogens with one attached hydrogen (secondary N) is 2. The average Bonchev–Trinajstić information content (AvgIpc) is 3.42. The molecule has 0 aliphatic carbocycles. The number of likely N-dealkylation sites (N-methyl/N-ethyl adjacent to an activating group) is 1. The third-order valence-corrected chi connectivity index (χ3v) is 7.07. The van der Waals surface area contributed by atoms with Gasteiger partial charge in [-0.05, 0) is 50.6 Å². The molecule has 36 heavy (non-hydrogen) atoms. The minimum atomic E-state index is 0.429. The molecular weight excluding hydrogens is 476 g/mol. The van der Waals surface area contributed by atoms with Gasteiger partial charge in [-0.2, -0.15) is 4.98 Å². The number of aromatic nitrogens is 3. The zero-order valence-corrected chi connectivity index (χ0v) is 21.8. The van der Waals surface area contributed by atoms with E-state index in [9.17, 15) is 0 Å². The lowest BCUT2D eigenvalue weighted by atomic mass is 10.1. The molecule has 0 radical (unpaired) electrons. The van der Waals surface area contributed by atoms with Crippen molar-refractivity contribution >= 4 is 46.2 Å². The molecule has 4 heterocycles. The predicted octanol–water partition coefficient (Wildman–Crippen LogP) is 4.68. The minimum absolute atomic E-state index is 0.429. The van der Waals surface area contributed by atoms with Crippen LogP contribution in [0.1, 0.15) is 18.4 Å². The normalized spacial score (nSPS) is 16.3. The number of hydrogen-bond donors (Lipinski definition) is 2. The molecule has 3 aromatic rings. The van der Waals surface area contributed by atoms with Gasteiger partial charge >= 0.3 is 0 Å². The van der Waals surface area contributed by atoms with E-state index in [1.807, 2.05) is 18.3 Å². The van der Waals surface area contributed by atoms with Gasteiger partial charge in [0.15, 0.2) is 11.6 Å². The number of ether oxygens (including phenoxy) is 1. The standard InChI is InChI=1S/C26H33ClN8O/c1-18-15-21(23(36-3)16-22(18)34-13-11-33(2)12-14-34)31-26-29-17-19(27)24(32-26)30-20-7-6-8-28-25(20)35-9-4-5-10-35/h6-8,15-17H,4-5,9-14H2,1-3H3,(H2,29,30,31,32). The number of methoxy groups -OCH3 is 1. The Kier molecular flexibility index (Phi) is 7.29. The van der Waals surface area contributed by atoms with Crippen LogP contribution in [-0.2, 0) is 0 Å². The molecule has 5 rings (SSSR count). The van der Waals surface area contributed by atoms with Gasteiger partial charge in [-0.3, -0.25) is 0 Å². The Balaban J connectivity index is 1.38. The number of aryl methyl sites for hydroxylation is 1. The molecule has 2 aliphatic heterocycles. The van der Waals surface area contributed by atoms with Gasteiger partial charge in [-0.25, -0.2) is 9.97 Å². The maximum absolute atomic E-state index is 6.48. The molecule has 0 spiro atoms. The van der Waals surface area contributed by atoms with Gasteiger partial charge in [-0.1, -0.05) is 11.6 Å². The van der Waals surface area contributed by atoms with E-state index in [0.29, 0.717) is 16.8 Å². The Hall–Kier alpha value is -3.30. The van der Waals surface area contributed by atoms with E-state index >= 15 is 0 Å². The SMILES string of the molecule is COc1cc(N2CCN(C)CC2)c(C)cc1Nc1ncc(Cl)c(Nc2cccnc2N2CCCC2)n1. The summed E-state index contributed by atoms with van der Waals surface area (Å²) in [4.78, 5) is 20.7. The highest BCUT2D eigenvalue weighted by Crippen LogP contribution is 2.36. The topological polar surface area (TPSA) is 81.7 Å². The average molecular weight is 509 g/mol. The highest BCUT2D eigenvalue weighted by atomic mass is 35.5. The zero-order chi connectivity index (χ0) is 25.1. The fourth-order valence-corrected chi connectivity index (χ4v) is 4.91. The molecule has 0 atom stereocenters. The monoisotopic (exact) mass is 508 g/mol. The smallest absolute Gasteiger partial charge is 0.229 e. The van der Waals surface area contributed by atoms with Crippen LogP contribution in [0.4, 0.5) is 34.6 Å². The highest BCUT2D eigenvalue weighted by molar-refractivity contribution is 6.33. The largest absolute Gasteiger partial charge is 0.494 e. The molecule has 2 N–H and O–H groups in total. The zero-order valence-electron chi connectivity index (χ0n) is 21.1. The number of halogens is 1. The quantitative estimate of drug-likeness (QED) is 0.472. The van der Waals surface area contributed by atoms with Crippen LogP contribution in [0.25, 0.3) is 0 Å². The van der Waals surface area contributed by atoms with E-state index in [2.05, 4.69) is 66.4 Å². The van der Waals surface area contributed by atoms with Crippen LogP contribution >= 0.6 is 11.6 Å².